The quantitative estimate of drug-likeness (QED) is 0.373. The Hall–Kier alpha value is -3.32. The number of halogens is 6. The van der Waals surface area contributed by atoms with Crippen LogP contribution in [0, 0.1) is 23.4 Å². The summed E-state index contributed by atoms with van der Waals surface area (Å²) in [5, 5.41) is 0. The second-order valence-corrected chi connectivity index (χ2v) is 11.2. The lowest BCUT2D eigenvalue weighted by molar-refractivity contribution is -0.192. The molecule has 0 bridgehead atoms. The molecule has 0 aliphatic carbocycles. The molecule has 13 heteroatoms. The fourth-order valence-corrected chi connectivity index (χ4v) is 6.30. The number of sulfonamides is 1. The summed E-state index contributed by atoms with van der Waals surface area (Å²) in [6.45, 7) is 0.154. The van der Waals surface area contributed by atoms with E-state index in [4.69, 9.17) is 4.74 Å². The Morgan fingerprint density at radius 1 is 0.949 bits per heavy atom. The fourth-order valence-electron chi connectivity index (χ4n) is 5.22. The lowest BCUT2D eigenvalue weighted by Gasteiger charge is -2.46. The molecule has 0 radical (unpaired) electrons. The van der Waals surface area contributed by atoms with Crippen molar-refractivity contribution in [1.29, 1.82) is 0 Å². The van der Waals surface area contributed by atoms with Crippen LogP contribution in [0.1, 0.15) is 42.5 Å². The Labute approximate surface area is 220 Å². The minimum absolute atomic E-state index is 0.0375. The highest BCUT2D eigenvalue weighted by atomic mass is 32.2. The Balaban J connectivity index is 1.48. The zero-order chi connectivity index (χ0) is 27.9. The van der Waals surface area contributed by atoms with E-state index in [0.717, 1.165) is 30.5 Å². The van der Waals surface area contributed by atoms with E-state index < -0.39 is 56.5 Å². The molecule has 39 heavy (non-hydrogen) atoms. The third-order valence-corrected chi connectivity index (χ3v) is 8.46. The number of ether oxygens (including phenoxy) is 1. The molecule has 0 amide bonds. The fraction of sp³-hybridized carbons (Fsp3) is 0.346. The van der Waals surface area contributed by atoms with Gasteiger partial charge in [-0.2, -0.15) is 13.2 Å². The van der Waals surface area contributed by atoms with Crippen LogP contribution in [0.2, 0.25) is 0 Å². The minimum atomic E-state index is -4.48. The number of piperidine rings is 1. The first kappa shape index (κ1) is 27.3. The molecule has 2 aromatic carbocycles. The van der Waals surface area contributed by atoms with Crippen molar-refractivity contribution in [2.24, 2.45) is 5.92 Å². The van der Waals surface area contributed by atoms with Gasteiger partial charge in [0.1, 0.15) is 33.9 Å². The lowest BCUT2D eigenvalue weighted by Crippen LogP contribution is -2.44. The molecule has 1 fully saturated rings. The van der Waals surface area contributed by atoms with Gasteiger partial charge in [-0.25, -0.2) is 26.6 Å². The average molecular weight is 572 g/mol. The third-order valence-electron chi connectivity index (χ3n) is 7.09. The molecule has 3 aromatic rings. The van der Waals surface area contributed by atoms with Gasteiger partial charge in [-0.1, -0.05) is 12.1 Å². The first-order valence-corrected chi connectivity index (χ1v) is 13.6. The number of nitrogens with zero attached hydrogens (tertiary/aromatic N) is 2. The standard InChI is InChI=1S/C26H23F6N3O3S/c27-17-3-1-15(2-4-17)22-11-16(26(30,31)32)7-9-35(22)21-8-10-38-23-13-24(20(29)12-19(21)23)39(36,37)34-25-6-5-18(28)14-33-25/h1-6,12-14,16,21-22H,7-11H2,(H,33,34)/t16?,21-,22-/m0/s1. The van der Waals surface area contributed by atoms with Crippen LogP contribution in [0.25, 0.3) is 0 Å². The van der Waals surface area contributed by atoms with Crippen LogP contribution < -0.4 is 9.46 Å². The second-order valence-electron chi connectivity index (χ2n) is 9.51. The number of aromatic nitrogens is 1. The zero-order valence-electron chi connectivity index (χ0n) is 20.3. The number of rotatable bonds is 5. The van der Waals surface area contributed by atoms with E-state index in [0.29, 0.717) is 17.5 Å². The van der Waals surface area contributed by atoms with Gasteiger partial charge in [0, 0.05) is 30.1 Å². The Kier molecular flexibility index (Phi) is 7.23. The smallest absolute Gasteiger partial charge is 0.391 e. The number of pyridine rings is 1. The predicted octanol–water partition coefficient (Wildman–Crippen LogP) is 6.14. The number of nitrogens with one attached hydrogen (secondary N) is 1. The van der Waals surface area contributed by atoms with Crippen LogP contribution in [-0.2, 0) is 10.0 Å². The molecule has 3 heterocycles. The maximum Gasteiger partial charge on any atom is 0.391 e. The number of benzene rings is 2. The van der Waals surface area contributed by atoms with E-state index in [9.17, 15) is 30.4 Å². The summed E-state index contributed by atoms with van der Waals surface area (Å²) in [5.74, 6) is -4.00. The third kappa shape index (κ3) is 5.69. The summed E-state index contributed by atoms with van der Waals surface area (Å²) in [4.78, 5) is 4.72. The molecule has 208 valence electrons. The molecule has 1 unspecified atom stereocenters. The SMILES string of the molecule is O=S(=O)(Nc1ccc(F)cn1)c1cc2c(cc1F)[C@@H](N1CCC(C(F)(F)F)C[C@H]1c1ccc(F)cc1)CCO2. The highest BCUT2D eigenvalue weighted by Crippen LogP contribution is 2.48. The molecule has 1 aromatic heterocycles. The van der Waals surface area contributed by atoms with Gasteiger partial charge in [0.25, 0.3) is 10.0 Å². The highest BCUT2D eigenvalue weighted by molar-refractivity contribution is 7.92. The molecule has 1 saturated heterocycles. The van der Waals surface area contributed by atoms with Crippen molar-refractivity contribution < 1.29 is 39.5 Å². The van der Waals surface area contributed by atoms with Gasteiger partial charge >= 0.3 is 6.18 Å². The van der Waals surface area contributed by atoms with Gasteiger partial charge in [0.2, 0.25) is 0 Å². The number of hydrogen-bond donors (Lipinski definition) is 1. The van der Waals surface area contributed by atoms with Crippen molar-refractivity contribution in [1.82, 2.24) is 9.88 Å². The van der Waals surface area contributed by atoms with E-state index in [1.165, 1.54) is 24.3 Å². The second kappa shape index (κ2) is 10.3. The maximum atomic E-state index is 15.3. The normalized spacial score (nSPS) is 22.2. The van der Waals surface area contributed by atoms with Gasteiger partial charge in [-0.3, -0.25) is 9.62 Å². The molecule has 2 aliphatic heterocycles. The first-order chi connectivity index (χ1) is 18.4. The summed E-state index contributed by atoms with van der Waals surface area (Å²) in [6, 6.07) is 8.05. The molecule has 0 saturated carbocycles. The van der Waals surface area contributed by atoms with Crippen molar-refractivity contribution in [2.45, 2.75) is 42.4 Å². The Bertz CT molecular complexity index is 1450. The lowest BCUT2D eigenvalue weighted by atomic mass is 9.84. The minimum Gasteiger partial charge on any atom is -0.493 e. The molecule has 1 N–H and O–H groups in total. The van der Waals surface area contributed by atoms with Gasteiger partial charge in [0.05, 0.1) is 18.7 Å². The topological polar surface area (TPSA) is 71.5 Å². The molecular formula is C26H23F6N3O3S. The predicted molar refractivity (Wildman–Crippen MR) is 129 cm³/mol. The van der Waals surface area contributed by atoms with E-state index in [1.807, 2.05) is 4.90 Å². The molecule has 0 spiro atoms. The average Bonchev–Trinajstić information content (AvgIpc) is 2.89. The molecular weight excluding hydrogens is 548 g/mol. The maximum absolute atomic E-state index is 15.3. The van der Waals surface area contributed by atoms with E-state index in [2.05, 4.69) is 9.71 Å². The van der Waals surface area contributed by atoms with Gasteiger partial charge in [-0.05, 0) is 55.3 Å². The van der Waals surface area contributed by atoms with Gasteiger partial charge < -0.3 is 4.74 Å². The van der Waals surface area contributed by atoms with Crippen LogP contribution in [0.4, 0.5) is 32.2 Å². The number of anilines is 1. The van der Waals surface area contributed by atoms with Crippen LogP contribution in [0.15, 0.2) is 59.6 Å². The summed E-state index contributed by atoms with van der Waals surface area (Å²) in [6.07, 6.45) is -3.71. The monoisotopic (exact) mass is 571 g/mol. The first-order valence-electron chi connectivity index (χ1n) is 12.1. The molecule has 3 atom stereocenters. The van der Waals surface area contributed by atoms with Crippen molar-refractivity contribution in [2.75, 3.05) is 17.9 Å². The Morgan fingerprint density at radius 2 is 1.67 bits per heavy atom. The number of hydrogen-bond acceptors (Lipinski definition) is 5. The summed E-state index contributed by atoms with van der Waals surface area (Å²) >= 11 is 0. The number of alkyl halides is 3. The Morgan fingerprint density at radius 3 is 2.33 bits per heavy atom. The highest BCUT2D eigenvalue weighted by Gasteiger charge is 2.46. The van der Waals surface area contributed by atoms with E-state index in [-0.39, 0.29) is 37.6 Å². The molecule has 2 aliphatic rings. The largest absolute Gasteiger partial charge is 0.493 e. The van der Waals surface area contributed by atoms with Crippen molar-refractivity contribution >= 4 is 15.8 Å². The number of fused-ring (bicyclic) bond motifs is 1. The summed E-state index contributed by atoms with van der Waals surface area (Å²) in [7, 11) is -4.48. The van der Waals surface area contributed by atoms with Crippen LogP contribution >= 0.6 is 0 Å². The van der Waals surface area contributed by atoms with Crippen molar-refractivity contribution in [3.8, 4) is 5.75 Å². The van der Waals surface area contributed by atoms with E-state index in [1.54, 1.807) is 0 Å². The van der Waals surface area contributed by atoms with E-state index >= 15 is 4.39 Å². The van der Waals surface area contributed by atoms with Gasteiger partial charge in [-0.15, -0.1) is 0 Å². The zero-order valence-corrected chi connectivity index (χ0v) is 21.1. The molecule has 5 rings (SSSR count). The van der Waals surface area contributed by atoms with Crippen LogP contribution in [0.5, 0.6) is 5.75 Å². The summed E-state index contributed by atoms with van der Waals surface area (Å²) < 4.78 is 116. The van der Waals surface area contributed by atoms with Crippen LogP contribution in [0.3, 0.4) is 0 Å². The van der Waals surface area contributed by atoms with Crippen molar-refractivity contribution in [3.63, 3.8) is 0 Å². The number of likely N-dealkylation sites (tertiary alicyclic amines) is 1. The van der Waals surface area contributed by atoms with Crippen LogP contribution in [-0.4, -0.2) is 37.6 Å². The summed E-state index contributed by atoms with van der Waals surface area (Å²) in [5.41, 5.74) is 0.796. The molecule has 6 nitrogen and oxygen atoms in total. The van der Waals surface area contributed by atoms with Gasteiger partial charge in [0.15, 0.2) is 0 Å². The van der Waals surface area contributed by atoms with Crippen molar-refractivity contribution in [3.05, 3.63) is 83.3 Å².